The van der Waals surface area contributed by atoms with E-state index in [-0.39, 0.29) is 0 Å². The molecule has 0 aromatic heterocycles. The van der Waals surface area contributed by atoms with E-state index >= 15 is 0 Å². The first-order valence-corrected chi connectivity index (χ1v) is 16.9. The highest BCUT2D eigenvalue weighted by Crippen LogP contribution is 2.36. The predicted molar refractivity (Wildman–Crippen MR) is 169 cm³/mol. The minimum atomic E-state index is -4.09. The summed E-state index contributed by atoms with van der Waals surface area (Å²) in [6.07, 6.45) is 25.6. The van der Waals surface area contributed by atoms with Gasteiger partial charge in [-0.2, -0.15) is 8.78 Å². The zero-order valence-electron chi connectivity index (χ0n) is 26.2. The first kappa shape index (κ1) is 34.2. The van der Waals surface area contributed by atoms with Crippen LogP contribution >= 0.6 is 0 Å². The molecule has 242 valence electrons. The molecule has 0 aliphatic heterocycles. The normalized spacial score (nSPS) is 23.0. The number of halogens is 5. The lowest BCUT2D eigenvalue weighted by Gasteiger charge is -2.28. The van der Waals surface area contributed by atoms with Gasteiger partial charge in [0, 0.05) is 18.2 Å². The third-order valence-corrected chi connectivity index (χ3v) is 9.53. The molecule has 2 aliphatic carbocycles. The Morgan fingerprint density at radius 3 is 1.82 bits per heavy atom. The predicted octanol–water partition coefficient (Wildman–Crippen LogP) is 12.6. The number of allylic oxidation sites excluding steroid dienone is 3. The molecule has 0 amide bonds. The monoisotopic (exact) mass is 616 g/mol. The topological polar surface area (TPSA) is 9.23 Å². The van der Waals surface area contributed by atoms with Gasteiger partial charge in [0.1, 0.15) is 23.2 Å². The fraction of sp³-hybridized carbons (Fsp3) is 0.579. The van der Waals surface area contributed by atoms with Gasteiger partial charge in [0.05, 0.1) is 5.56 Å². The second-order valence-electron chi connectivity index (χ2n) is 13.1. The molecule has 0 atom stereocenters. The van der Waals surface area contributed by atoms with Crippen molar-refractivity contribution < 1.29 is 26.7 Å². The SMILES string of the molecule is CCCCCCCCCC1CCC(/C=C/C2CCC(/C=C/c3ccc(C(F)(F)Oc4cc(F)cc(F)c4)c(F)c3)CC2)CC1. The molecule has 6 heteroatoms. The number of ether oxygens (including phenoxy) is 1. The van der Waals surface area contributed by atoms with Gasteiger partial charge in [-0.15, -0.1) is 0 Å². The molecule has 0 saturated heterocycles. The third-order valence-electron chi connectivity index (χ3n) is 9.53. The summed E-state index contributed by atoms with van der Waals surface area (Å²) < 4.78 is 74.9. The maximum Gasteiger partial charge on any atom is 0.429 e. The summed E-state index contributed by atoms with van der Waals surface area (Å²) in [5.74, 6) is -1.35. The van der Waals surface area contributed by atoms with Crippen LogP contribution in [0.4, 0.5) is 22.0 Å². The summed E-state index contributed by atoms with van der Waals surface area (Å²) >= 11 is 0. The number of hydrogen-bond acceptors (Lipinski definition) is 1. The largest absolute Gasteiger partial charge is 0.429 e. The van der Waals surface area contributed by atoms with Crippen molar-refractivity contribution in [2.45, 2.75) is 116 Å². The molecule has 2 aliphatic rings. The molecule has 2 fully saturated rings. The first-order valence-electron chi connectivity index (χ1n) is 16.9. The van der Waals surface area contributed by atoms with E-state index < -0.39 is 34.9 Å². The van der Waals surface area contributed by atoms with Crippen LogP contribution in [0, 0.1) is 41.1 Å². The molecule has 2 saturated carbocycles. The molecule has 2 aromatic rings. The fourth-order valence-electron chi connectivity index (χ4n) is 6.81. The number of benzene rings is 2. The Labute approximate surface area is 261 Å². The van der Waals surface area contributed by atoms with Crippen LogP contribution in [0.15, 0.2) is 54.6 Å². The van der Waals surface area contributed by atoms with E-state index in [1.54, 1.807) is 6.08 Å². The smallest absolute Gasteiger partial charge is 0.429 e. The van der Waals surface area contributed by atoms with E-state index in [1.807, 2.05) is 6.08 Å². The molecule has 0 unspecified atom stereocenters. The molecule has 0 radical (unpaired) electrons. The molecule has 44 heavy (non-hydrogen) atoms. The lowest BCUT2D eigenvalue weighted by molar-refractivity contribution is -0.187. The van der Waals surface area contributed by atoms with E-state index in [0.717, 1.165) is 49.7 Å². The zero-order chi connectivity index (χ0) is 31.4. The van der Waals surface area contributed by atoms with Crippen molar-refractivity contribution >= 4 is 6.08 Å². The molecule has 0 heterocycles. The van der Waals surface area contributed by atoms with Gasteiger partial charge in [-0.3, -0.25) is 0 Å². The maximum atomic E-state index is 14.7. The zero-order valence-corrected chi connectivity index (χ0v) is 26.2. The quantitative estimate of drug-likeness (QED) is 0.110. The molecular weight excluding hydrogens is 567 g/mol. The molecular formula is C38H49F5O. The Morgan fingerprint density at radius 1 is 0.682 bits per heavy atom. The van der Waals surface area contributed by atoms with Crippen molar-refractivity contribution in [1.82, 2.24) is 0 Å². The third kappa shape index (κ3) is 11.1. The van der Waals surface area contributed by atoms with Gasteiger partial charge in [-0.05, 0) is 92.7 Å². The Bertz CT molecular complexity index is 1190. The van der Waals surface area contributed by atoms with Crippen molar-refractivity contribution in [3.63, 3.8) is 0 Å². The Morgan fingerprint density at radius 2 is 1.23 bits per heavy atom. The highest BCUT2D eigenvalue weighted by Gasteiger charge is 2.38. The average molecular weight is 617 g/mol. The number of unbranched alkanes of at least 4 members (excludes halogenated alkanes) is 6. The lowest BCUT2D eigenvalue weighted by atomic mass is 9.78. The lowest BCUT2D eigenvalue weighted by Crippen LogP contribution is -2.23. The highest BCUT2D eigenvalue weighted by atomic mass is 19.3. The van der Waals surface area contributed by atoms with E-state index in [4.69, 9.17) is 0 Å². The average Bonchev–Trinajstić information content (AvgIpc) is 2.99. The van der Waals surface area contributed by atoms with Crippen molar-refractivity contribution in [2.75, 3.05) is 0 Å². The van der Waals surface area contributed by atoms with Gasteiger partial charge < -0.3 is 4.74 Å². The van der Waals surface area contributed by atoms with Gasteiger partial charge in [0.2, 0.25) is 0 Å². The van der Waals surface area contributed by atoms with E-state index in [9.17, 15) is 22.0 Å². The minimum absolute atomic E-state index is 0.372. The van der Waals surface area contributed by atoms with Crippen LogP contribution in [-0.4, -0.2) is 0 Å². The van der Waals surface area contributed by atoms with Gasteiger partial charge in [-0.1, -0.05) is 88.7 Å². The highest BCUT2D eigenvalue weighted by molar-refractivity contribution is 5.50. The van der Waals surface area contributed by atoms with Crippen LogP contribution in [0.3, 0.4) is 0 Å². The fourth-order valence-corrected chi connectivity index (χ4v) is 6.81. The summed E-state index contributed by atoms with van der Waals surface area (Å²) in [6, 6.07) is 5.18. The van der Waals surface area contributed by atoms with Crippen molar-refractivity contribution in [3.8, 4) is 5.75 Å². The standard InChI is InChI=1S/C38H49F5O/c1-2-3-4-5-6-7-8-9-28-10-12-29(13-11-28)14-15-30-16-18-31(19-17-30)20-21-32-22-23-36(37(41)24-32)38(42,43)44-35-26-33(39)25-34(40)27-35/h14-15,20-31H,2-13,16-19H2,1H3/b15-14+,21-20+. The van der Waals surface area contributed by atoms with E-state index in [2.05, 4.69) is 23.8 Å². The Hall–Kier alpha value is -2.63. The van der Waals surface area contributed by atoms with Gasteiger partial charge >= 0.3 is 6.11 Å². The van der Waals surface area contributed by atoms with Crippen LogP contribution in [0.5, 0.6) is 5.75 Å². The molecule has 1 nitrogen and oxygen atoms in total. The van der Waals surface area contributed by atoms with Crippen LogP contribution in [0.2, 0.25) is 0 Å². The molecule has 2 aromatic carbocycles. The van der Waals surface area contributed by atoms with Crippen LogP contribution in [0.1, 0.15) is 121 Å². The summed E-state index contributed by atoms with van der Waals surface area (Å²) in [4.78, 5) is 0. The number of hydrogen-bond donors (Lipinski definition) is 0. The van der Waals surface area contributed by atoms with Crippen LogP contribution < -0.4 is 4.74 Å². The summed E-state index contributed by atoms with van der Waals surface area (Å²) in [7, 11) is 0. The van der Waals surface area contributed by atoms with Gasteiger partial charge in [-0.25, -0.2) is 13.2 Å². The Kier molecular flexibility index (Phi) is 13.4. The number of rotatable bonds is 15. The van der Waals surface area contributed by atoms with Gasteiger partial charge in [0.25, 0.3) is 0 Å². The summed E-state index contributed by atoms with van der Waals surface area (Å²) in [5, 5.41) is 0. The van der Waals surface area contributed by atoms with E-state index in [1.165, 1.54) is 83.1 Å². The molecule has 0 bridgehead atoms. The molecule has 0 spiro atoms. The van der Waals surface area contributed by atoms with Crippen LogP contribution in [-0.2, 0) is 6.11 Å². The van der Waals surface area contributed by atoms with Crippen molar-refractivity contribution in [2.24, 2.45) is 23.7 Å². The second kappa shape index (κ2) is 17.2. The minimum Gasteiger partial charge on any atom is -0.429 e. The van der Waals surface area contributed by atoms with E-state index in [0.29, 0.717) is 35.6 Å². The van der Waals surface area contributed by atoms with Gasteiger partial charge in [0.15, 0.2) is 0 Å². The molecule has 0 N–H and O–H groups in total. The second-order valence-corrected chi connectivity index (χ2v) is 13.1. The van der Waals surface area contributed by atoms with Crippen molar-refractivity contribution in [3.05, 3.63) is 83.2 Å². The first-order chi connectivity index (χ1) is 21.2. The maximum absolute atomic E-state index is 14.7. The van der Waals surface area contributed by atoms with Crippen molar-refractivity contribution in [1.29, 1.82) is 0 Å². The summed E-state index contributed by atoms with van der Waals surface area (Å²) in [5.41, 5.74) is -0.517. The van der Waals surface area contributed by atoms with Crippen LogP contribution in [0.25, 0.3) is 6.08 Å². The Balaban J connectivity index is 1.16. The summed E-state index contributed by atoms with van der Waals surface area (Å²) in [6.45, 7) is 2.27. The molecule has 4 rings (SSSR count). The number of alkyl halides is 2.